The van der Waals surface area contributed by atoms with Gasteiger partial charge in [-0.15, -0.1) is 0 Å². The molecule has 4 nitrogen and oxygen atoms in total. The highest BCUT2D eigenvalue weighted by Crippen LogP contribution is 2.70. The number of rotatable bonds is 1. The minimum atomic E-state index is -3.47. The molecule has 1 aliphatic heterocycles. The standard InChI is InChI=1S/C15H23NO3S/c1-5-10(2)13(17)16-12-8-11-6-7-15(12,14(11,3)4)9-20(16,18)19/h5,11-12H,6-9H2,1-4H3/b10-5+. The van der Waals surface area contributed by atoms with Crippen LogP contribution in [0.2, 0.25) is 0 Å². The van der Waals surface area contributed by atoms with Crippen LogP contribution in [-0.2, 0) is 14.8 Å². The molecule has 1 spiro atoms. The van der Waals surface area contributed by atoms with E-state index in [0.29, 0.717) is 11.5 Å². The first-order chi connectivity index (χ1) is 9.17. The summed E-state index contributed by atoms with van der Waals surface area (Å²) in [5.41, 5.74) is 0.315. The van der Waals surface area contributed by atoms with E-state index in [1.54, 1.807) is 19.9 Å². The highest BCUT2D eigenvalue weighted by molar-refractivity contribution is 7.90. The first-order valence-electron chi connectivity index (χ1n) is 7.37. The topological polar surface area (TPSA) is 54.5 Å². The van der Waals surface area contributed by atoms with Gasteiger partial charge in [0.05, 0.1) is 11.8 Å². The summed E-state index contributed by atoms with van der Waals surface area (Å²) in [6, 6.07) is -0.122. The number of carbonyl (C=O) groups is 1. The maximum Gasteiger partial charge on any atom is 0.262 e. The Morgan fingerprint density at radius 2 is 2.00 bits per heavy atom. The van der Waals surface area contributed by atoms with E-state index in [2.05, 4.69) is 13.8 Å². The van der Waals surface area contributed by atoms with Gasteiger partial charge in [-0.05, 0) is 44.4 Å². The summed E-state index contributed by atoms with van der Waals surface area (Å²) in [4.78, 5) is 12.5. The molecule has 5 heteroatoms. The number of nitrogens with zero attached hydrogens (tertiary/aromatic N) is 1. The van der Waals surface area contributed by atoms with Crippen molar-refractivity contribution in [1.29, 1.82) is 0 Å². The third-order valence-electron chi connectivity index (χ3n) is 6.38. The van der Waals surface area contributed by atoms with Crippen LogP contribution in [0.15, 0.2) is 11.6 Å². The number of allylic oxidation sites excluding steroid dienone is 1. The maximum atomic E-state index is 12.6. The minimum absolute atomic E-state index is 0.0175. The molecule has 2 aliphatic carbocycles. The summed E-state index contributed by atoms with van der Waals surface area (Å²) in [7, 11) is -3.47. The van der Waals surface area contributed by atoms with Gasteiger partial charge in [0.15, 0.2) is 0 Å². The fourth-order valence-corrected chi connectivity index (χ4v) is 7.42. The summed E-state index contributed by atoms with van der Waals surface area (Å²) in [6.45, 7) is 7.85. The van der Waals surface area contributed by atoms with Crippen molar-refractivity contribution in [3.8, 4) is 0 Å². The van der Waals surface area contributed by atoms with Crippen LogP contribution in [0, 0.1) is 16.7 Å². The quantitative estimate of drug-likeness (QED) is 0.698. The summed E-state index contributed by atoms with van der Waals surface area (Å²) in [5.74, 6) is 0.374. The molecule has 2 bridgehead atoms. The van der Waals surface area contributed by atoms with Crippen molar-refractivity contribution in [3.63, 3.8) is 0 Å². The Bertz CT molecular complexity index is 605. The van der Waals surface area contributed by atoms with Crippen molar-refractivity contribution in [2.45, 2.75) is 53.0 Å². The second kappa shape index (κ2) is 3.87. The van der Waals surface area contributed by atoms with Crippen LogP contribution in [0.1, 0.15) is 47.0 Å². The van der Waals surface area contributed by atoms with Crippen LogP contribution in [-0.4, -0.2) is 30.4 Å². The van der Waals surface area contributed by atoms with Crippen molar-refractivity contribution in [2.24, 2.45) is 16.7 Å². The summed E-state index contributed by atoms with van der Waals surface area (Å²) < 4.78 is 26.4. The number of sulfonamides is 1. The van der Waals surface area contributed by atoms with Gasteiger partial charge < -0.3 is 0 Å². The zero-order valence-corrected chi connectivity index (χ0v) is 13.5. The number of fused-ring (bicyclic) bond motifs is 1. The van der Waals surface area contributed by atoms with Gasteiger partial charge in [-0.2, -0.15) is 0 Å². The van der Waals surface area contributed by atoms with Gasteiger partial charge in [0, 0.05) is 11.0 Å². The van der Waals surface area contributed by atoms with Gasteiger partial charge in [-0.3, -0.25) is 4.79 Å². The van der Waals surface area contributed by atoms with Crippen molar-refractivity contribution >= 4 is 15.9 Å². The largest absolute Gasteiger partial charge is 0.268 e. The summed E-state index contributed by atoms with van der Waals surface area (Å²) >= 11 is 0. The predicted molar refractivity (Wildman–Crippen MR) is 77.4 cm³/mol. The monoisotopic (exact) mass is 297 g/mol. The molecule has 3 aliphatic rings. The summed E-state index contributed by atoms with van der Waals surface area (Å²) in [6.07, 6.45) is 4.58. The molecule has 112 valence electrons. The van der Waals surface area contributed by atoms with Gasteiger partial charge in [-0.25, -0.2) is 12.7 Å². The Hall–Kier alpha value is -0.840. The van der Waals surface area contributed by atoms with Gasteiger partial charge in [0.2, 0.25) is 10.0 Å². The van der Waals surface area contributed by atoms with Crippen LogP contribution in [0.25, 0.3) is 0 Å². The van der Waals surface area contributed by atoms with E-state index >= 15 is 0 Å². The molecule has 0 aromatic rings. The molecular weight excluding hydrogens is 274 g/mol. The Labute approximate surface area is 121 Å². The van der Waals surface area contributed by atoms with Crippen LogP contribution in [0.4, 0.5) is 0 Å². The van der Waals surface area contributed by atoms with E-state index in [1.165, 1.54) is 4.31 Å². The molecule has 1 saturated heterocycles. The molecule has 0 aromatic carbocycles. The average molecular weight is 297 g/mol. The van der Waals surface area contributed by atoms with E-state index in [0.717, 1.165) is 19.3 Å². The molecule has 3 rings (SSSR count). The molecule has 0 N–H and O–H groups in total. The first kappa shape index (κ1) is 14.1. The van der Waals surface area contributed by atoms with Crippen molar-refractivity contribution in [1.82, 2.24) is 4.31 Å². The summed E-state index contributed by atoms with van der Waals surface area (Å²) in [5, 5.41) is 0. The average Bonchev–Trinajstić information content (AvgIpc) is 2.83. The Kier molecular flexibility index (Phi) is 2.73. The predicted octanol–water partition coefficient (Wildman–Crippen LogP) is 2.32. The van der Waals surface area contributed by atoms with Crippen molar-refractivity contribution < 1.29 is 13.2 Å². The third-order valence-corrected chi connectivity index (χ3v) is 8.28. The van der Waals surface area contributed by atoms with Crippen LogP contribution in [0.3, 0.4) is 0 Å². The lowest BCUT2D eigenvalue weighted by atomic mass is 9.69. The molecular formula is C15H23NO3S. The lowest BCUT2D eigenvalue weighted by Crippen LogP contribution is -2.44. The second-order valence-corrected chi connectivity index (χ2v) is 9.04. The SMILES string of the molecule is C/C=C(\C)C(=O)N1C2CC3CCC2(CS1(=O)=O)C3(C)C. The fraction of sp³-hybridized carbons (Fsp3) is 0.800. The van der Waals surface area contributed by atoms with Crippen LogP contribution >= 0.6 is 0 Å². The number of hydrogen-bond acceptors (Lipinski definition) is 3. The van der Waals surface area contributed by atoms with Crippen molar-refractivity contribution in [3.05, 3.63) is 11.6 Å². The number of hydrogen-bond donors (Lipinski definition) is 0. The maximum absolute atomic E-state index is 12.6. The Morgan fingerprint density at radius 3 is 2.55 bits per heavy atom. The minimum Gasteiger partial charge on any atom is -0.268 e. The smallest absolute Gasteiger partial charge is 0.262 e. The molecule has 0 radical (unpaired) electrons. The molecule has 20 heavy (non-hydrogen) atoms. The molecule has 0 aromatic heterocycles. The van der Waals surface area contributed by atoms with Gasteiger partial charge in [0.25, 0.3) is 5.91 Å². The van der Waals surface area contributed by atoms with E-state index in [9.17, 15) is 13.2 Å². The molecule has 3 unspecified atom stereocenters. The highest BCUT2D eigenvalue weighted by atomic mass is 32.2. The highest BCUT2D eigenvalue weighted by Gasteiger charge is 2.72. The third kappa shape index (κ3) is 1.42. The normalized spacial score (nSPS) is 41.0. The zero-order valence-electron chi connectivity index (χ0n) is 12.6. The van der Waals surface area contributed by atoms with Crippen LogP contribution < -0.4 is 0 Å². The number of carbonyl (C=O) groups excluding carboxylic acids is 1. The molecule has 1 amide bonds. The zero-order chi connectivity index (χ0) is 14.9. The van der Waals surface area contributed by atoms with Gasteiger partial charge >= 0.3 is 0 Å². The van der Waals surface area contributed by atoms with E-state index < -0.39 is 10.0 Å². The van der Waals surface area contributed by atoms with E-state index in [-0.39, 0.29) is 28.5 Å². The molecule has 2 saturated carbocycles. The van der Waals surface area contributed by atoms with Gasteiger partial charge in [-0.1, -0.05) is 19.9 Å². The Morgan fingerprint density at radius 1 is 1.35 bits per heavy atom. The lowest BCUT2D eigenvalue weighted by molar-refractivity contribution is -0.125. The molecule has 3 atom stereocenters. The fourth-order valence-electron chi connectivity index (χ4n) is 4.85. The molecule has 1 heterocycles. The number of amides is 1. The Balaban J connectivity index is 2.09. The first-order valence-corrected chi connectivity index (χ1v) is 8.97. The van der Waals surface area contributed by atoms with E-state index in [1.807, 2.05) is 0 Å². The second-order valence-electron chi connectivity index (χ2n) is 7.19. The lowest BCUT2D eigenvalue weighted by Gasteiger charge is -2.37. The van der Waals surface area contributed by atoms with E-state index in [4.69, 9.17) is 0 Å². The molecule has 3 fully saturated rings. The van der Waals surface area contributed by atoms with Crippen LogP contribution in [0.5, 0.6) is 0 Å². The van der Waals surface area contributed by atoms with Crippen molar-refractivity contribution in [2.75, 3.05) is 5.75 Å². The van der Waals surface area contributed by atoms with Gasteiger partial charge in [0.1, 0.15) is 0 Å².